The highest BCUT2D eigenvalue weighted by Crippen LogP contribution is 2.18. The molecule has 6 heteroatoms. The van der Waals surface area contributed by atoms with E-state index in [2.05, 4.69) is 31.3 Å². The molecule has 1 aromatic carbocycles. The van der Waals surface area contributed by atoms with E-state index in [1.54, 1.807) is 4.52 Å². The number of fused-ring (bicyclic) bond motifs is 1. The van der Waals surface area contributed by atoms with Crippen molar-refractivity contribution in [2.24, 2.45) is 5.73 Å². The first kappa shape index (κ1) is 13.1. The minimum absolute atomic E-state index is 0.591. The molecule has 0 saturated carbocycles. The molecule has 2 aromatic heterocycles. The van der Waals surface area contributed by atoms with E-state index in [-0.39, 0.29) is 0 Å². The van der Waals surface area contributed by atoms with Gasteiger partial charge in [-0.3, -0.25) is 0 Å². The van der Waals surface area contributed by atoms with Crippen LogP contribution < -0.4 is 11.1 Å². The summed E-state index contributed by atoms with van der Waals surface area (Å²) < 4.78 is 2.82. The molecule has 102 valence electrons. The van der Waals surface area contributed by atoms with Gasteiger partial charge in [-0.1, -0.05) is 15.9 Å². The number of hydrogen-bond donors (Lipinski definition) is 2. The fourth-order valence-electron chi connectivity index (χ4n) is 1.95. The van der Waals surface area contributed by atoms with Crippen molar-refractivity contribution in [2.45, 2.75) is 6.42 Å². The van der Waals surface area contributed by atoms with E-state index in [9.17, 15) is 0 Å². The molecule has 0 unspecified atom stereocenters. The van der Waals surface area contributed by atoms with Crippen molar-refractivity contribution in [3.8, 4) is 0 Å². The van der Waals surface area contributed by atoms with Crippen molar-refractivity contribution in [1.29, 1.82) is 0 Å². The smallest absolute Gasteiger partial charge is 0.153 e. The van der Waals surface area contributed by atoms with Gasteiger partial charge in [0.15, 0.2) is 11.5 Å². The summed E-state index contributed by atoms with van der Waals surface area (Å²) >= 11 is 3.41. The highest BCUT2D eigenvalue weighted by atomic mass is 79.9. The molecule has 3 rings (SSSR count). The van der Waals surface area contributed by atoms with Crippen molar-refractivity contribution in [3.05, 3.63) is 52.8 Å². The third-order valence-electron chi connectivity index (χ3n) is 2.89. The molecular formula is C14H14BrN5. The lowest BCUT2D eigenvalue weighted by molar-refractivity contribution is 0.917. The van der Waals surface area contributed by atoms with E-state index < -0.39 is 0 Å². The predicted molar refractivity (Wildman–Crippen MR) is 83.2 cm³/mol. The maximum atomic E-state index is 5.54. The number of aromatic nitrogens is 3. The van der Waals surface area contributed by atoms with E-state index in [1.165, 1.54) is 0 Å². The summed E-state index contributed by atoms with van der Waals surface area (Å²) in [5.74, 6) is 0.775. The van der Waals surface area contributed by atoms with Crippen LogP contribution in [-0.4, -0.2) is 21.1 Å². The van der Waals surface area contributed by atoms with Crippen molar-refractivity contribution in [1.82, 2.24) is 14.6 Å². The minimum Gasteiger partial charge on any atom is -0.339 e. The Bertz CT molecular complexity index is 720. The second-order valence-electron chi connectivity index (χ2n) is 4.42. The average molecular weight is 332 g/mol. The van der Waals surface area contributed by atoms with Gasteiger partial charge in [-0.2, -0.15) is 0 Å². The number of benzene rings is 1. The van der Waals surface area contributed by atoms with Crippen molar-refractivity contribution in [3.63, 3.8) is 0 Å². The van der Waals surface area contributed by atoms with Crippen molar-refractivity contribution >= 4 is 33.1 Å². The predicted octanol–water partition coefficient (Wildman–Crippen LogP) is 2.74. The van der Waals surface area contributed by atoms with E-state index >= 15 is 0 Å². The SMILES string of the molecule is NCCc1cn2nc(Nc3ccc(Br)cc3)ccc2n1. The Hall–Kier alpha value is -1.92. The summed E-state index contributed by atoms with van der Waals surface area (Å²) in [4.78, 5) is 4.45. The van der Waals surface area contributed by atoms with E-state index in [0.29, 0.717) is 6.54 Å². The van der Waals surface area contributed by atoms with Crippen LogP contribution in [0.4, 0.5) is 11.5 Å². The second kappa shape index (κ2) is 5.60. The average Bonchev–Trinajstić information content (AvgIpc) is 2.83. The van der Waals surface area contributed by atoms with Gasteiger partial charge in [0.25, 0.3) is 0 Å². The lowest BCUT2D eigenvalue weighted by Gasteiger charge is -2.05. The van der Waals surface area contributed by atoms with Gasteiger partial charge >= 0.3 is 0 Å². The number of nitrogens with two attached hydrogens (primary N) is 1. The van der Waals surface area contributed by atoms with Crippen LogP contribution in [0.2, 0.25) is 0 Å². The molecule has 20 heavy (non-hydrogen) atoms. The van der Waals surface area contributed by atoms with Crippen LogP contribution in [0.1, 0.15) is 5.69 Å². The number of anilines is 2. The molecule has 0 aliphatic heterocycles. The highest BCUT2D eigenvalue weighted by molar-refractivity contribution is 9.10. The quantitative estimate of drug-likeness (QED) is 0.771. The molecule has 0 amide bonds. The van der Waals surface area contributed by atoms with Crippen LogP contribution in [0, 0.1) is 0 Å². The van der Waals surface area contributed by atoms with Gasteiger partial charge in [-0.25, -0.2) is 9.50 Å². The zero-order chi connectivity index (χ0) is 13.9. The fourth-order valence-corrected chi connectivity index (χ4v) is 2.21. The summed E-state index contributed by atoms with van der Waals surface area (Å²) in [7, 11) is 0. The van der Waals surface area contributed by atoms with Crippen molar-refractivity contribution < 1.29 is 0 Å². The van der Waals surface area contributed by atoms with Gasteiger partial charge in [0.1, 0.15) is 0 Å². The lowest BCUT2D eigenvalue weighted by Crippen LogP contribution is -2.02. The maximum absolute atomic E-state index is 5.54. The molecule has 0 spiro atoms. The summed E-state index contributed by atoms with van der Waals surface area (Å²) in [5.41, 5.74) is 8.32. The number of imidazole rings is 1. The summed E-state index contributed by atoms with van der Waals surface area (Å²) in [6.45, 7) is 0.591. The van der Waals surface area contributed by atoms with Crippen LogP contribution in [0.5, 0.6) is 0 Å². The van der Waals surface area contributed by atoms with Gasteiger partial charge in [0, 0.05) is 16.6 Å². The summed E-state index contributed by atoms with van der Waals surface area (Å²) in [6.07, 6.45) is 2.67. The fraction of sp³-hybridized carbons (Fsp3) is 0.143. The standard InChI is InChI=1S/C14H14BrN5/c15-10-1-3-11(4-2-10)17-13-5-6-14-18-12(7-8-16)9-20(14)19-13/h1-6,9H,7-8,16H2,(H,17,19). The van der Waals surface area contributed by atoms with E-state index in [0.717, 1.165) is 33.7 Å². The zero-order valence-corrected chi connectivity index (χ0v) is 12.3. The van der Waals surface area contributed by atoms with Gasteiger partial charge < -0.3 is 11.1 Å². The van der Waals surface area contributed by atoms with E-state index in [4.69, 9.17) is 5.73 Å². The van der Waals surface area contributed by atoms with Crippen LogP contribution in [0.3, 0.4) is 0 Å². The maximum Gasteiger partial charge on any atom is 0.153 e. The lowest BCUT2D eigenvalue weighted by atomic mass is 10.3. The van der Waals surface area contributed by atoms with Gasteiger partial charge in [0.2, 0.25) is 0 Å². The molecule has 0 bridgehead atoms. The minimum atomic E-state index is 0.591. The van der Waals surface area contributed by atoms with Crippen LogP contribution in [-0.2, 0) is 6.42 Å². The zero-order valence-electron chi connectivity index (χ0n) is 10.8. The molecule has 5 nitrogen and oxygen atoms in total. The largest absolute Gasteiger partial charge is 0.339 e. The molecule has 0 aliphatic carbocycles. The molecular weight excluding hydrogens is 318 g/mol. The molecule has 0 fully saturated rings. The Morgan fingerprint density at radius 1 is 1.15 bits per heavy atom. The Kier molecular flexibility index (Phi) is 3.66. The number of nitrogens with zero attached hydrogens (tertiary/aromatic N) is 3. The number of hydrogen-bond acceptors (Lipinski definition) is 4. The van der Waals surface area contributed by atoms with Crippen molar-refractivity contribution in [2.75, 3.05) is 11.9 Å². The molecule has 2 heterocycles. The second-order valence-corrected chi connectivity index (χ2v) is 5.34. The van der Waals surface area contributed by atoms with Crippen LogP contribution >= 0.6 is 15.9 Å². The van der Waals surface area contributed by atoms with Gasteiger partial charge in [0.05, 0.1) is 11.9 Å². The Morgan fingerprint density at radius 3 is 2.70 bits per heavy atom. The van der Waals surface area contributed by atoms with E-state index in [1.807, 2.05) is 42.6 Å². The Morgan fingerprint density at radius 2 is 1.95 bits per heavy atom. The number of rotatable bonds is 4. The first-order valence-electron chi connectivity index (χ1n) is 6.32. The monoisotopic (exact) mass is 331 g/mol. The molecule has 0 atom stereocenters. The third kappa shape index (κ3) is 2.81. The highest BCUT2D eigenvalue weighted by Gasteiger charge is 2.03. The third-order valence-corrected chi connectivity index (χ3v) is 3.42. The molecule has 0 aliphatic rings. The molecule has 0 radical (unpaired) electrons. The summed E-state index contributed by atoms with van der Waals surface area (Å²) in [5, 5.41) is 7.75. The first-order valence-corrected chi connectivity index (χ1v) is 7.12. The molecule has 3 N–H and O–H groups in total. The van der Waals surface area contributed by atoms with Crippen LogP contribution in [0.15, 0.2) is 47.1 Å². The van der Waals surface area contributed by atoms with Gasteiger partial charge in [-0.15, -0.1) is 5.10 Å². The van der Waals surface area contributed by atoms with Crippen LogP contribution in [0.25, 0.3) is 5.65 Å². The first-order chi connectivity index (χ1) is 9.74. The molecule has 3 aromatic rings. The molecule has 0 saturated heterocycles. The topological polar surface area (TPSA) is 68.2 Å². The number of nitrogens with one attached hydrogen (secondary N) is 1. The summed E-state index contributed by atoms with van der Waals surface area (Å²) in [6, 6.07) is 11.8. The normalized spacial score (nSPS) is 10.9. The Labute approximate surface area is 125 Å². The Balaban J connectivity index is 1.86. The van der Waals surface area contributed by atoms with Gasteiger partial charge in [-0.05, 0) is 42.9 Å². The number of halogens is 1.